The molecule has 128 valence electrons. The van der Waals surface area contributed by atoms with Crippen LogP contribution in [0, 0.1) is 5.92 Å². The van der Waals surface area contributed by atoms with Crippen LogP contribution in [0.2, 0.25) is 0 Å². The first kappa shape index (κ1) is 16.3. The smallest absolute Gasteiger partial charge is 0.261 e. The molecule has 0 radical (unpaired) electrons. The fourth-order valence-electron chi connectivity index (χ4n) is 3.61. The summed E-state index contributed by atoms with van der Waals surface area (Å²) in [7, 11) is 0. The number of nitrogens with zero attached hydrogens (tertiary/aromatic N) is 2. The standard InChI is InChI=1S/C19H17BrN2O3/c1-2-21-18(23)15-16(12-7-6-8-13(20)11-12)22(25-17(15)19(21)24)14-9-4-3-5-10-14/h3-11,15-17H,2H2,1H3/t15-,16+,17-/m0/s1. The summed E-state index contributed by atoms with van der Waals surface area (Å²) in [6, 6.07) is 17.0. The number of likely N-dealkylation sites (N-methyl/N-ethyl adjacent to an activating group) is 1. The van der Waals surface area contributed by atoms with E-state index in [4.69, 9.17) is 4.84 Å². The lowest BCUT2D eigenvalue weighted by Crippen LogP contribution is -2.37. The molecule has 5 nitrogen and oxygen atoms in total. The van der Waals surface area contributed by atoms with E-state index in [0.717, 1.165) is 15.7 Å². The number of carbonyl (C=O) groups is 2. The van der Waals surface area contributed by atoms with E-state index in [-0.39, 0.29) is 17.9 Å². The van der Waals surface area contributed by atoms with Crippen molar-refractivity contribution in [3.8, 4) is 0 Å². The Labute approximate surface area is 154 Å². The largest absolute Gasteiger partial charge is 0.280 e. The van der Waals surface area contributed by atoms with E-state index < -0.39 is 12.0 Å². The average Bonchev–Trinajstić information content (AvgIpc) is 3.12. The highest BCUT2D eigenvalue weighted by molar-refractivity contribution is 9.10. The number of rotatable bonds is 3. The van der Waals surface area contributed by atoms with Crippen LogP contribution >= 0.6 is 15.9 Å². The maximum Gasteiger partial charge on any atom is 0.261 e. The molecular formula is C19H17BrN2O3. The van der Waals surface area contributed by atoms with Gasteiger partial charge >= 0.3 is 0 Å². The van der Waals surface area contributed by atoms with Gasteiger partial charge in [-0.15, -0.1) is 0 Å². The first-order valence-electron chi connectivity index (χ1n) is 8.23. The molecule has 2 amide bonds. The predicted molar refractivity (Wildman–Crippen MR) is 96.6 cm³/mol. The highest BCUT2D eigenvalue weighted by Crippen LogP contribution is 2.46. The molecule has 3 atom stereocenters. The molecule has 2 fully saturated rings. The minimum absolute atomic E-state index is 0.166. The number of amides is 2. The van der Waals surface area contributed by atoms with E-state index in [1.54, 1.807) is 12.0 Å². The van der Waals surface area contributed by atoms with Crippen LogP contribution in [0.4, 0.5) is 5.69 Å². The monoisotopic (exact) mass is 400 g/mol. The van der Waals surface area contributed by atoms with Gasteiger partial charge in [0.25, 0.3) is 5.91 Å². The van der Waals surface area contributed by atoms with Crippen molar-refractivity contribution in [1.82, 2.24) is 4.90 Å². The number of hydroxylamine groups is 1. The molecule has 2 aromatic rings. The normalized spacial score (nSPS) is 25.6. The van der Waals surface area contributed by atoms with Crippen LogP contribution in [0.25, 0.3) is 0 Å². The van der Waals surface area contributed by atoms with E-state index in [1.807, 2.05) is 54.6 Å². The van der Waals surface area contributed by atoms with E-state index in [0.29, 0.717) is 6.54 Å². The topological polar surface area (TPSA) is 49.9 Å². The quantitative estimate of drug-likeness (QED) is 0.741. The van der Waals surface area contributed by atoms with Gasteiger partial charge in [0.2, 0.25) is 5.91 Å². The molecular weight excluding hydrogens is 384 g/mol. The summed E-state index contributed by atoms with van der Waals surface area (Å²) in [4.78, 5) is 32.7. The first-order valence-corrected chi connectivity index (χ1v) is 9.03. The molecule has 2 saturated heterocycles. The van der Waals surface area contributed by atoms with Gasteiger partial charge in [0.15, 0.2) is 6.10 Å². The maximum atomic E-state index is 12.9. The third kappa shape index (κ3) is 2.56. The SMILES string of the molecule is CCN1C(=O)[C@@H]2[C@H](ON(c3ccccc3)[C@@H]2c2cccc(Br)c2)C1=O. The van der Waals surface area contributed by atoms with Crippen LogP contribution in [0.1, 0.15) is 18.5 Å². The second-order valence-electron chi connectivity index (χ2n) is 6.13. The number of hydrogen-bond donors (Lipinski definition) is 0. The molecule has 6 heteroatoms. The number of fused-ring (bicyclic) bond motifs is 1. The number of anilines is 1. The van der Waals surface area contributed by atoms with Gasteiger partial charge in [0.05, 0.1) is 11.7 Å². The maximum absolute atomic E-state index is 12.9. The fraction of sp³-hybridized carbons (Fsp3) is 0.263. The summed E-state index contributed by atoms with van der Waals surface area (Å²) in [5, 5.41) is 1.71. The zero-order chi connectivity index (χ0) is 17.6. The van der Waals surface area contributed by atoms with Crippen molar-refractivity contribution in [3.63, 3.8) is 0 Å². The third-order valence-corrected chi connectivity index (χ3v) is 5.22. The lowest BCUT2D eigenvalue weighted by molar-refractivity contribution is -0.142. The van der Waals surface area contributed by atoms with Crippen LogP contribution < -0.4 is 5.06 Å². The highest BCUT2D eigenvalue weighted by atomic mass is 79.9. The molecule has 2 heterocycles. The van der Waals surface area contributed by atoms with Crippen LogP contribution in [-0.4, -0.2) is 29.4 Å². The highest BCUT2D eigenvalue weighted by Gasteiger charge is 2.59. The molecule has 0 N–H and O–H groups in total. The van der Waals surface area contributed by atoms with E-state index >= 15 is 0 Å². The Morgan fingerprint density at radius 2 is 1.80 bits per heavy atom. The van der Waals surface area contributed by atoms with Crippen LogP contribution in [0.5, 0.6) is 0 Å². The Balaban J connectivity index is 1.82. The van der Waals surface area contributed by atoms with E-state index in [1.165, 1.54) is 4.90 Å². The van der Waals surface area contributed by atoms with Crippen molar-refractivity contribution >= 4 is 33.4 Å². The van der Waals surface area contributed by atoms with Crippen molar-refractivity contribution in [2.24, 2.45) is 5.92 Å². The lowest BCUT2D eigenvalue weighted by Gasteiger charge is -2.28. The number of hydrogen-bond acceptors (Lipinski definition) is 4. The Morgan fingerprint density at radius 1 is 1.04 bits per heavy atom. The van der Waals surface area contributed by atoms with Gasteiger partial charge in [0, 0.05) is 11.0 Å². The average molecular weight is 401 g/mol. The summed E-state index contributed by atoms with van der Waals surface area (Å²) in [6.45, 7) is 2.17. The van der Waals surface area contributed by atoms with Crippen molar-refractivity contribution in [1.29, 1.82) is 0 Å². The zero-order valence-electron chi connectivity index (χ0n) is 13.6. The number of imide groups is 1. The number of benzene rings is 2. The summed E-state index contributed by atoms with van der Waals surface area (Å²) in [5.41, 5.74) is 1.76. The molecule has 0 saturated carbocycles. The Kier molecular flexibility index (Phi) is 4.09. The fourth-order valence-corrected chi connectivity index (χ4v) is 4.03. The predicted octanol–water partition coefficient (Wildman–Crippen LogP) is 3.32. The molecule has 0 aliphatic carbocycles. The van der Waals surface area contributed by atoms with Gasteiger partial charge in [-0.05, 0) is 36.8 Å². The molecule has 2 aromatic carbocycles. The number of carbonyl (C=O) groups excluding carboxylic acids is 2. The minimum Gasteiger partial charge on any atom is -0.280 e. The lowest BCUT2D eigenvalue weighted by atomic mass is 9.90. The van der Waals surface area contributed by atoms with Gasteiger partial charge in [0.1, 0.15) is 5.92 Å². The van der Waals surface area contributed by atoms with Crippen LogP contribution in [0.15, 0.2) is 59.1 Å². The van der Waals surface area contributed by atoms with Gasteiger partial charge in [-0.2, -0.15) is 0 Å². The molecule has 4 rings (SSSR count). The second kappa shape index (κ2) is 6.28. The summed E-state index contributed by atoms with van der Waals surface area (Å²) in [5.74, 6) is -0.959. The molecule has 0 spiro atoms. The third-order valence-electron chi connectivity index (χ3n) is 4.72. The molecule has 0 bridgehead atoms. The van der Waals surface area contributed by atoms with E-state index in [2.05, 4.69) is 15.9 Å². The number of likely N-dealkylation sites (tertiary alicyclic amines) is 1. The van der Waals surface area contributed by atoms with Crippen LogP contribution in [-0.2, 0) is 14.4 Å². The summed E-state index contributed by atoms with van der Waals surface area (Å²) >= 11 is 3.49. The minimum atomic E-state index is -0.767. The summed E-state index contributed by atoms with van der Waals surface area (Å²) < 4.78 is 0.922. The van der Waals surface area contributed by atoms with Crippen molar-refractivity contribution in [2.75, 3.05) is 11.6 Å². The number of para-hydroxylation sites is 1. The molecule has 0 unspecified atom stereocenters. The van der Waals surface area contributed by atoms with Crippen molar-refractivity contribution < 1.29 is 14.4 Å². The van der Waals surface area contributed by atoms with Crippen LogP contribution in [0.3, 0.4) is 0 Å². The first-order chi connectivity index (χ1) is 12.1. The van der Waals surface area contributed by atoms with Crippen molar-refractivity contribution in [2.45, 2.75) is 19.1 Å². The van der Waals surface area contributed by atoms with Gasteiger partial charge in [-0.1, -0.05) is 46.3 Å². The molecule has 25 heavy (non-hydrogen) atoms. The van der Waals surface area contributed by atoms with Gasteiger partial charge in [-0.3, -0.25) is 19.3 Å². The molecule has 2 aliphatic rings. The summed E-state index contributed by atoms with van der Waals surface area (Å²) in [6.07, 6.45) is -0.767. The number of halogens is 1. The van der Waals surface area contributed by atoms with Crippen molar-refractivity contribution in [3.05, 3.63) is 64.6 Å². The molecule has 2 aliphatic heterocycles. The van der Waals surface area contributed by atoms with E-state index in [9.17, 15) is 9.59 Å². The Bertz CT molecular complexity index is 826. The molecule has 0 aromatic heterocycles. The Hall–Kier alpha value is -2.18. The van der Waals surface area contributed by atoms with Gasteiger partial charge in [-0.25, -0.2) is 5.06 Å². The zero-order valence-corrected chi connectivity index (χ0v) is 15.2. The Morgan fingerprint density at radius 3 is 2.48 bits per heavy atom. The van der Waals surface area contributed by atoms with Gasteiger partial charge < -0.3 is 0 Å². The second-order valence-corrected chi connectivity index (χ2v) is 7.05.